The molecule has 4 nitrogen and oxygen atoms in total. The second-order valence-electron chi connectivity index (χ2n) is 4.57. The highest BCUT2D eigenvalue weighted by atomic mass is 35.5. The third-order valence-corrected chi connectivity index (χ3v) is 3.57. The standard InChI is InChI=1S/C14H13ClFNO3/c15-10-6-3-7-11(12(10)16)17-13(18)8-4-1-2-5-9(8)14(19)20/h1-3,6-9H,4-5H2,(H,17,18)(H,19,20)/p-1/t8-,9+/m0/s1. The van der Waals surface area contributed by atoms with E-state index < -0.39 is 29.5 Å². The molecular weight excluding hydrogens is 285 g/mol. The molecule has 0 fully saturated rings. The van der Waals surface area contributed by atoms with Crippen LogP contribution in [0.1, 0.15) is 12.8 Å². The quantitative estimate of drug-likeness (QED) is 0.864. The van der Waals surface area contributed by atoms with Crippen LogP contribution in [-0.2, 0) is 9.59 Å². The molecule has 2 rings (SSSR count). The number of rotatable bonds is 3. The lowest BCUT2D eigenvalue weighted by atomic mass is 9.82. The lowest BCUT2D eigenvalue weighted by Gasteiger charge is -2.28. The molecule has 1 aromatic rings. The summed E-state index contributed by atoms with van der Waals surface area (Å²) in [6.45, 7) is 0. The number of halogens is 2. The number of hydrogen-bond acceptors (Lipinski definition) is 3. The first-order chi connectivity index (χ1) is 9.50. The predicted molar refractivity (Wildman–Crippen MR) is 70.4 cm³/mol. The summed E-state index contributed by atoms with van der Waals surface area (Å²) in [5.74, 6) is -4.24. The molecule has 0 unspecified atom stereocenters. The summed E-state index contributed by atoms with van der Waals surface area (Å²) >= 11 is 5.62. The van der Waals surface area contributed by atoms with Crippen LogP contribution in [0.25, 0.3) is 0 Å². The van der Waals surface area contributed by atoms with Crippen molar-refractivity contribution in [3.63, 3.8) is 0 Å². The molecule has 0 aromatic heterocycles. The molecule has 0 aliphatic heterocycles. The number of carboxylic acids is 1. The number of carboxylic acid groups (broad SMARTS) is 1. The highest BCUT2D eigenvalue weighted by molar-refractivity contribution is 6.31. The second kappa shape index (κ2) is 6.05. The van der Waals surface area contributed by atoms with Gasteiger partial charge in [-0.1, -0.05) is 29.8 Å². The van der Waals surface area contributed by atoms with Crippen molar-refractivity contribution in [3.05, 3.63) is 41.2 Å². The molecule has 6 heteroatoms. The maximum Gasteiger partial charge on any atom is 0.228 e. The SMILES string of the molecule is O=C(Nc1cccc(Cl)c1F)[C@H]1CC=CC[C@H]1C(=O)[O-]. The molecule has 20 heavy (non-hydrogen) atoms. The molecule has 106 valence electrons. The Morgan fingerprint density at radius 3 is 2.55 bits per heavy atom. The first-order valence-electron chi connectivity index (χ1n) is 6.11. The number of anilines is 1. The number of benzene rings is 1. The van der Waals surface area contributed by atoms with E-state index >= 15 is 0 Å². The monoisotopic (exact) mass is 296 g/mol. The first-order valence-corrected chi connectivity index (χ1v) is 6.49. The molecule has 1 aromatic carbocycles. The number of amides is 1. The minimum absolute atomic E-state index is 0.0610. The summed E-state index contributed by atoms with van der Waals surface area (Å²) < 4.78 is 13.7. The summed E-state index contributed by atoms with van der Waals surface area (Å²) in [4.78, 5) is 23.1. The molecule has 1 aliphatic carbocycles. The van der Waals surface area contributed by atoms with Gasteiger partial charge in [0.05, 0.1) is 16.6 Å². The average Bonchev–Trinajstić information content (AvgIpc) is 2.43. The highest BCUT2D eigenvalue weighted by Crippen LogP contribution is 2.28. The summed E-state index contributed by atoms with van der Waals surface area (Å²) in [7, 11) is 0. The van der Waals surface area contributed by atoms with Crippen LogP contribution >= 0.6 is 11.6 Å². The molecule has 0 heterocycles. The van der Waals surface area contributed by atoms with Gasteiger partial charge in [0.1, 0.15) is 0 Å². The Morgan fingerprint density at radius 2 is 1.90 bits per heavy atom. The van der Waals surface area contributed by atoms with Crippen molar-refractivity contribution in [1.29, 1.82) is 0 Å². The number of aliphatic carboxylic acids is 1. The van der Waals surface area contributed by atoms with Gasteiger partial charge in [0.2, 0.25) is 5.91 Å². The number of allylic oxidation sites excluding steroid dienone is 2. The molecule has 1 aliphatic rings. The maximum atomic E-state index is 13.7. The van der Waals surface area contributed by atoms with Gasteiger partial charge in [-0.2, -0.15) is 0 Å². The van der Waals surface area contributed by atoms with Crippen LogP contribution in [0.3, 0.4) is 0 Å². The number of hydrogen-bond donors (Lipinski definition) is 1. The Kier molecular flexibility index (Phi) is 4.39. The zero-order valence-corrected chi connectivity index (χ0v) is 11.2. The van der Waals surface area contributed by atoms with Crippen molar-refractivity contribution >= 4 is 29.2 Å². The minimum atomic E-state index is -1.28. The molecule has 0 spiro atoms. The van der Waals surface area contributed by atoms with Crippen LogP contribution in [0.15, 0.2) is 30.4 Å². The fraction of sp³-hybridized carbons (Fsp3) is 0.286. The molecule has 2 atom stereocenters. The Morgan fingerprint density at radius 1 is 1.25 bits per heavy atom. The van der Waals surface area contributed by atoms with E-state index in [1.807, 2.05) is 0 Å². The van der Waals surface area contributed by atoms with Gasteiger partial charge in [0, 0.05) is 11.9 Å². The Hall–Kier alpha value is -1.88. The van der Waals surface area contributed by atoms with Gasteiger partial charge in [0.15, 0.2) is 5.82 Å². The van der Waals surface area contributed by atoms with Gasteiger partial charge < -0.3 is 15.2 Å². The lowest BCUT2D eigenvalue weighted by molar-refractivity contribution is -0.313. The third-order valence-electron chi connectivity index (χ3n) is 3.28. The van der Waals surface area contributed by atoms with E-state index in [0.717, 1.165) is 0 Å². The number of carbonyl (C=O) groups excluding carboxylic acids is 2. The molecule has 0 saturated carbocycles. The first kappa shape index (κ1) is 14.5. The fourth-order valence-electron chi connectivity index (χ4n) is 2.19. The predicted octanol–water partition coefficient (Wildman–Crippen LogP) is 1.75. The fourth-order valence-corrected chi connectivity index (χ4v) is 2.36. The molecular formula is C14H12ClFNO3-. The van der Waals surface area contributed by atoms with E-state index in [2.05, 4.69) is 5.32 Å². The number of carbonyl (C=O) groups is 2. The van der Waals surface area contributed by atoms with Crippen molar-refractivity contribution < 1.29 is 19.1 Å². The van der Waals surface area contributed by atoms with Gasteiger partial charge in [0.25, 0.3) is 0 Å². The van der Waals surface area contributed by atoms with Crippen LogP contribution in [0.5, 0.6) is 0 Å². The maximum absolute atomic E-state index is 13.7. The smallest absolute Gasteiger partial charge is 0.228 e. The van der Waals surface area contributed by atoms with E-state index in [1.165, 1.54) is 18.2 Å². The van der Waals surface area contributed by atoms with Crippen molar-refractivity contribution in [2.45, 2.75) is 12.8 Å². The van der Waals surface area contributed by atoms with Gasteiger partial charge in [-0.25, -0.2) is 4.39 Å². The molecule has 1 N–H and O–H groups in total. The normalized spacial score (nSPS) is 21.5. The third kappa shape index (κ3) is 2.99. The average molecular weight is 297 g/mol. The van der Waals surface area contributed by atoms with Crippen molar-refractivity contribution in [2.75, 3.05) is 5.32 Å². The zero-order valence-electron chi connectivity index (χ0n) is 10.4. The van der Waals surface area contributed by atoms with Crippen molar-refractivity contribution in [1.82, 2.24) is 0 Å². The van der Waals surface area contributed by atoms with Gasteiger partial charge >= 0.3 is 0 Å². The second-order valence-corrected chi connectivity index (χ2v) is 4.97. The summed E-state index contributed by atoms with van der Waals surface area (Å²) in [5, 5.41) is 13.3. The Labute approximate surface area is 120 Å². The van der Waals surface area contributed by atoms with E-state index in [-0.39, 0.29) is 23.6 Å². The molecule has 0 radical (unpaired) electrons. The van der Waals surface area contributed by atoms with Crippen LogP contribution < -0.4 is 10.4 Å². The summed E-state index contributed by atoms with van der Waals surface area (Å²) in [5.41, 5.74) is -0.0610. The van der Waals surface area contributed by atoms with E-state index in [4.69, 9.17) is 11.6 Å². The Bertz CT molecular complexity index is 574. The Balaban J connectivity index is 2.17. The van der Waals surface area contributed by atoms with E-state index in [9.17, 15) is 19.1 Å². The minimum Gasteiger partial charge on any atom is -0.550 e. The van der Waals surface area contributed by atoms with Crippen LogP contribution in [0.4, 0.5) is 10.1 Å². The molecule has 0 bridgehead atoms. The van der Waals surface area contributed by atoms with E-state index in [0.29, 0.717) is 0 Å². The summed E-state index contributed by atoms with van der Waals surface area (Å²) in [6.07, 6.45) is 3.95. The number of nitrogens with one attached hydrogen (secondary N) is 1. The largest absolute Gasteiger partial charge is 0.550 e. The van der Waals surface area contributed by atoms with Crippen molar-refractivity contribution in [2.24, 2.45) is 11.8 Å². The molecule has 0 saturated heterocycles. The van der Waals surface area contributed by atoms with Crippen LogP contribution in [0.2, 0.25) is 5.02 Å². The van der Waals surface area contributed by atoms with Gasteiger partial charge in [-0.15, -0.1) is 0 Å². The van der Waals surface area contributed by atoms with Gasteiger partial charge in [-0.05, 0) is 25.0 Å². The van der Waals surface area contributed by atoms with Crippen LogP contribution in [-0.4, -0.2) is 11.9 Å². The van der Waals surface area contributed by atoms with E-state index in [1.54, 1.807) is 12.2 Å². The zero-order chi connectivity index (χ0) is 14.7. The molecule has 1 amide bonds. The van der Waals surface area contributed by atoms with Crippen molar-refractivity contribution in [3.8, 4) is 0 Å². The topological polar surface area (TPSA) is 69.2 Å². The van der Waals surface area contributed by atoms with Crippen LogP contribution in [0, 0.1) is 17.7 Å². The highest BCUT2D eigenvalue weighted by Gasteiger charge is 2.30. The summed E-state index contributed by atoms with van der Waals surface area (Å²) in [6, 6.07) is 4.23. The lowest BCUT2D eigenvalue weighted by Crippen LogP contribution is -2.41. The van der Waals surface area contributed by atoms with Gasteiger partial charge in [-0.3, -0.25) is 4.79 Å².